The van der Waals surface area contributed by atoms with E-state index in [1.807, 2.05) is 30.3 Å². The molecule has 0 spiro atoms. The van der Waals surface area contributed by atoms with E-state index < -0.39 is 0 Å². The first-order chi connectivity index (χ1) is 7.79. The summed E-state index contributed by atoms with van der Waals surface area (Å²) in [5.41, 5.74) is 3.38. The van der Waals surface area contributed by atoms with Crippen molar-refractivity contribution in [3.8, 4) is 11.1 Å². The first-order valence-electron chi connectivity index (χ1n) is 4.99. The van der Waals surface area contributed by atoms with Gasteiger partial charge >= 0.3 is 5.97 Å². The molecule has 0 bridgehead atoms. The van der Waals surface area contributed by atoms with Crippen LogP contribution in [0, 0.1) is 0 Å². The Labute approximate surface area is 103 Å². The molecule has 0 N–H and O–H groups in total. The molecule has 0 fully saturated rings. The zero-order valence-electron chi connectivity index (χ0n) is 8.65. The summed E-state index contributed by atoms with van der Waals surface area (Å²) in [4.78, 5) is 11.0. The van der Waals surface area contributed by atoms with Crippen LogP contribution in [0.5, 0.6) is 0 Å². The highest BCUT2D eigenvalue weighted by Crippen LogP contribution is 2.21. The Hall–Kier alpha value is -1.35. The molecule has 3 heteroatoms. The minimum absolute atomic E-state index is 0.235. The van der Waals surface area contributed by atoms with Crippen molar-refractivity contribution >= 4 is 21.9 Å². The quantitative estimate of drug-likeness (QED) is 0.637. The molecule has 0 heterocycles. The van der Waals surface area contributed by atoms with Crippen molar-refractivity contribution in [1.29, 1.82) is 0 Å². The predicted octanol–water partition coefficient (Wildman–Crippen LogP) is 3.23. The number of alkyl halides is 1. The lowest BCUT2D eigenvalue weighted by molar-refractivity contribution is -0.141. The smallest absolute Gasteiger partial charge is 0.316 e. The summed E-state index contributed by atoms with van der Waals surface area (Å²) in [7, 11) is 0. The standard InChI is InChI=1S/C13H11BrO2/c14-8-13(15)16-9-10-4-6-11-2-1-3-12(11)7-5-10/h1-7H,8-9H2. The van der Waals surface area contributed by atoms with Crippen LogP contribution < -0.4 is 0 Å². The molecule has 2 aliphatic rings. The highest BCUT2D eigenvalue weighted by atomic mass is 79.9. The molecule has 16 heavy (non-hydrogen) atoms. The summed E-state index contributed by atoms with van der Waals surface area (Å²) in [5.74, 6) is -0.245. The van der Waals surface area contributed by atoms with Crippen molar-refractivity contribution in [3.05, 3.63) is 48.0 Å². The van der Waals surface area contributed by atoms with Crippen molar-refractivity contribution in [2.75, 3.05) is 5.33 Å². The van der Waals surface area contributed by atoms with Gasteiger partial charge in [0.1, 0.15) is 11.9 Å². The second-order valence-electron chi connectivity index (χ2n) is 3.47. The van der Waals surface area contributed by atoms with Crippen LogP contribution in [-0.2, 0) is 16.1 Å². The zero-order chi connectivity index (χ0) is 11.4. The molecular formula is C13H11BrO2. The van der Waals surface area contributed by atoms with Gasteiger partial charge in [-0.15, -0.1) is 0 Å². The van der Waals surface area contributed by atoms with E-state index >= 15 is 0 Å². The Morgan fingerprint density at radius 1 is 1.06 bits per heavy atom. The molecule has 0 aromatic heterocycles. The van der Waals surface area contributed by atoms with Crippen molar-refractivity contribution in [2.45, 2.75) is 6.61 Å². The average Bonchev–Trinajstić information content (AvgIpc) is 2.67. The largest absolute Gasteiger partial charge is 0.460 e. The van der Waals surface area contributed by atoms with Crippen molar-refractivity contribution < 1.29 is 9.53 Å². The van der Waals surface area contributed by atoms with E-state index in [4.69, 9.17) is 4.74 Å². The number of hydrogen-bond donors (Lipinski definition) is 0. The highest BCUT2D eigenvalue weighted by molar-refractivity contribution is 9.09. The number of fused-ring (bicyclic) bond motifs is 1. The van der Waals surface area contributed by atoms with E-state index in [1.54, 1.807) is 0 Å². The number of ether oxygens (including phenoxy) is 1. The maximum Gasteiger partial charge on any atom is 0.316 e. The second kappa shape index (κ2) is 5.12. The molecule has 0 saturated carbocycles. The third kappa shape index (κ3) is 2.61. The van der Waals surface area contributed by atoms with Crippen molar-refractivity contribution in [1.82, 2.24) is 0 Å². The summed E-state index contributed by atoms with van der Waals surface area (Å²) in [6.07, 6.45) is 0. The first kappa shape index (κ1) is 11.1. The van der Waals surface area contributed by atoms with Gasteiger partial charge in [0.15, 0.2) is 0 Å². The fourth-order valence-corrected chi connectivity index (χ4v) is 1.66. The zero-order valence-corrected chi connectivity index (χ0v) is 10.2. The minimum Gasteiger partial charge on any atom is -0.460 e. The summed E-state index contributed by atoms with van der Waals surface area (Å²) >= 11 is 3.05. The van der Waals surface area contributed by atoms with E-state index in [9.17, 15) is 4.79 Å². The Bertz CT molecular complexity index is 437. The van der Waals surface area contributed by atoms with Crippen LogP contribution in [0.15, 0.2) is 42.5 Å². The van der Waals surface area contributed by atoms with E-state index in [-0.39, 0.29) is 11.3 Å². The number of rotatable bonds is 3. The molecule has 0 atom stereocenters. The van der Waals surface area contributed by atoms with Crippen LogP contribution in [0.1, 0.15) is 5.56 Å². The summed E-state index contributed by atoms with van der Waals surface area (Å²) in [6.45, 7) is 0.321. The van der Waals surface area contributed by atoms with Gasteiger partial charge in [-0.3, -0.25) is 4.79 Å². The Kier molecular flexibility index (Phi) is 3.57. The van der Waals surface area contributed by atoms with Gasteiger partial charge in [-0.05, 0) is 16.7 Å². The highest BCUT2D eigenvalue weighted by Gasteiger charge is 2.02. The van der Waals surface area contributed by atoms with Gasteiger partial charge in [0, 0.05) is 0 Å². The summed E-state index contributed by atoms with van der Waals surface area (Å²) in [5, 5.41) is 0.235. The van der Waals surface area contributed by atoms with Crippen LogP contribution >= 0.6 is 15.9 Å². The van der Waals surface area contributed by atoms with Crippen LogP contribution in [-0.4, -0.2) is 11.3 Å². The molecule has 0 radical (unpaired) electrons. The lowest BCUT2D eigenvalue weighted by atomic mass is 10.2. The summed E-state index contributed by atoms with van der Waals surface area (Å²) in [6, 6.07) is 14.2. The van der Waals surface area contributed by atoms with Crippen molar-refractivity contribution in [2.24, 2.45) is 0 Å². The SMILES string of the molecule is O=C(CBr)OCc1ccc2cccc-2cc1. The number of carbonyl (C=O) groups is 1. The molecule has 2 rings (SSSR count). The number of carbonyl (C=O) groups excluding carboxylic acids is 1. The lowest BCUT2D eigenvalue weighted by Gasteiger charge is -2.00. The van der Waals surface area contributed by atoms with Crippen LogP contribution in [0.25, 0.3) is 11.1 Å². The normalized spacial score (nSPS) is 10.3. The first-order valence-corrected chi connectivity index (χ1v) is 6.11. The Morgan fingerprint density at radius 3 is 2.25 bits per heavy atom. The van der Waals surface area contributed by atoms with Crippen LogP contribution in [0.4, 0.5) is 0 Å². The van der Waals surface area contributed by atoms with Gasteiger partial charge < -0.3 is 4.74 Å². The number of halogens is 1. The molecule has 0 aromatic carbocycles. The van der Waals surface area contributed by atoms with Gasteiger partial charge in [0.25, 0.3) is 0 Å². The number of hydrogen-bond acceptors (Lipinski definition) is 2. The molecule has 0 unspecified atom stereocenters. The van der Waals surface area contributed by atoms with E-state index in [2.05, 4.69) is 28.1 Å². The summed E-state index contributed by atoms with van der Waals surface area (Å²) < 4.78 is 5.04. The molecule has 2 aliphatic carbocycles. The third-order valence-corrected chi connectivity index (χ3v) is 2.81. The van der Waals surface area contributed by atoms with E-state index in [0.717, 1.165) is 5.56 Å². The molecule has 2 nitrogen and oxygen atoms in total. The topological polar surface area (TPSA) is 26.3 Å². The molecule has 0 aliphatic heterocycles. The van der Waals surface area contributed by atoms with Gasteiger partial charge in [0.2, 0.25) is 0 Å². The third-order valence-electron chi connectivity index (χ3n) is 2.35. The fraction of sp³-hybridized carbons (Fsp3) is 0.154. The van der Waals surface area contributed by atoms with E-state index in [1.165, 1.54) is 11.1 Å². The predicted molar refractivity (Wildman–Crippen MR) is 66.7 cm³/mol. The Balaban J connectivity index is 2.13. The molecular weight excluding hydrogens is 268 g/mol. The lowest BCUT2D eigenvalue weighted by Crippen LogP contribution is -2.04. The van der Waals surface area contributed by atoms with Gasteiger partial charge in [-0.25, -0.2) is 0 Å². The van der Waals surface area contributed by atoms with Gasteiger partial charge in [-0.1, -0.05) is 58.4 Å². The average molecular weight is 279 g/mol. The Morgan fingerprint density at radius 2 is 1.69 bits per heavy atom. The number of esters is 1. The molecule has 82 valence electrons. The monoisotopic (exact) mass is 278 g/mol. The van der Waals surface area contributed by atoms with E-state index in [0.29, 0.717) is 6.61 Å². The van der Waals surface area contributed by atoms with Gasteiger partial charge in [-0.2, -0.15) is 0 Å². The second-order valence-corrected chi connectivity index (χ2v) is 4.03. The van der Waals surface area contributed by atoms with Gasteiger partial charge in [0.05, 0.1) is 0 Å². The molecule has 0 amide bonds. The molecule has 0 saturated heterocycles. The maximum atomic E-state index is 11.0. The fourth-order valence-electron chi connectivity index (χ4n) is 1.50. The maximum absolute atomic E-state index is 11.0. The van der Waals surface area contributed by atoms with Crippen LogP contribution in [0.2, 0.25) is 0 Å². The minimum atomic E-state index is -0.245. The van der Waals surface area contributed by atoms with Crippen molar-refractivity contribution in [3.63, 3.8) is 0 Å². The molecule has 0 aromatic rings. The van der Waals surface area contributed by atoms with Crippen LogP contribution in [0.3, 0.4) is 0 Å².